The van der Waals surface area contributed by atoms with Crippen LogP contribution in [0, 0.1) is 0 Å². The maximum atomic E-state index is 9.48. The third-order valence-corrected chi connectivity index (χ3v) is 2.96. The third kappa shape index (κ3) is 4.93. The third-order valence-electron chi connectivity index (χ3n) is 2.96. The highest BCUT2D eigenvalue weighted by molar-refractivity contribution is 4.79. The first-order valence-electron chi connectivity index (χ1n) is 5.69. The van der Waals surface area contributed by atoms with E-state index in [9.17, 15) is 5.11 Å². The molecular formula is C11H23NO3. The molecule has 0 amide bonds. The van der Waals surface area contributed by atoms with Gasteiger partial charge in [-0.05, 0) is 25.7 Å². The fourth-order valence-corrected chi connectivity index (χ4v) is 2.10. The highest BCUT2D eigenvalue weighted by Crippen LogP contribution is 2.20. The topological polar surface area (TPSA) is 50.7 Å². The molecule has 1 saturated carbocycles. The lowest BCUT2D eigenvalue weighted by atomic mass is 9.93. The van der Waals surface area contributed by atoms with Crippen LogP contribution in [0.2, 0.25) is 0 Å². The van der Waals surface area contributed by atoms with Crippen LogP contribution in [-0.4, -0.2) is 50.7 Å². The first-order valence-corrected chi connectivity index (χ1v) is 5.69. The Morgan fingerprint density at radius 2 is 2.20 bits per heavy atom. The van der Waals surface area contributed by atoms with Crippen molar-refractivity contribution in [2.24, 2.45) is 0 Å². The molecule has 2 N–H and O–H groups in total. The monoisotopic (exact) mass is 217 g/mol. The molecule has 1 fully saturated rings. The van der Waals surface area contributed by atoms with Gasteiger partial charge in [0.25, 0.3) is 0 Å². The summed E-state index contributed by atoms with van der Waals surface area (Å²) in [4.78, 5) is 0. The average Bonchev–Trinajstić information content (AvgIpc) is 2.27. The predicted octanol–water partition coefficient (Wildman–Crippen LogP) is 0.541. The van der Waals surface area contributed by atoms with Gasteiger partial charge < -0.3 is 19.9 Å². The molecule has 0 aromatic carbocycles. The standard InChI is InChI=1S/C11H23NO3/c1-14-8-10(13)7-12-9-4-3-5-11(6-9)15-2/h9-13H,3-8H2,1-2H3. The number of aliphatic hydroxyl groups is 1. The van der Waals surface area contributed by atoms with Gasteiger partial charge >= 0.3 is 0 Å². The molecule has 3 atom stereocenters. The number of nitrogens with one attached hydrogen (secondary N) is 1. The lowest BCUT2D eigenvalue weighted by molar-refractivity contribution is 0.0443. The Morgan fingerprint density at radius 1 is 1.40 bits per heavy atom. The number of rotatable bonds is 6. The van der Waals surface area contributed by atoms with Crippen molar-refractivity contribution < 1.29 is 14.6 Å². The van der Waals surface area contributed by atoms with Crippen molar-refractivity contribution >= 4 is 0 Å². The van der Waals surface area contributed by atoms with Crippen LogP contribution in [-0.2, 0) is 9.47 Å². The van der Waals surface area contributed by atoms with Crippen LogP contribution in [0.25, 0.3) is 0 Å². The fourth-order valence-electron chi connectivity index (χ4n) is 2.10. The Bertz CT molecular complexity index is 166. The van der Waals surface area contributed by atoms with E-state index in [1.54, 1.807) is 14.2 Å². The van der Waals surface area contributed by atoms with Crippen LogP contribution >= 0.6 is 0 Å². The number of hydrogen-bond acceptors (Lipinski definition) is 4. The van der Waals surface area contributed by atoms with Crippen LogP contribution < -0.4 is 5.32 Å². The van der Waals surface area contributed by atoms with E-state index in [-0.39, 0.29) is 0 Å². The lowest BCUT2D eigenvalue weighted by Crippen LogP contribution is -2.41. The molecule has 0 aromatic rings. The van der Waals surface area contributed by atoms with Crippen molar-refractivity contribution in [3.8, 4) is 0 Å². The van der Waals surface area contributed by atoms with E-state index in [1.165, 1.54) is 12.8 Å². The molecule has 3 unspecified atom stereocenters. The molecule has 0 spiro atoms. The van der Waals surface area contributed by atoms with E-state index >= 15 is 0 Å². The smallest absolute Gasteiger partial charge is 0.0897 e. The van der Waals surface area contributed by atoms with Gasteiger partial charge in [0, 0.05) is 26.8 Å². The lowest BCUT2D eigenvalue weighted by Gasteiger charge is -2.29. The molecule has 15 heavy (non-hydrogen) atoms. The van der Waals surface area contributed by atoms with Crippen LogP contribution in [0.1, 0.15) is 25.7 Å². The molecule has 0 heterocycles. The summed E-state index contributed by atoms with van der Waals surface area (Å²) in [5, 5.41) is 12.8. The molecule has 0 aromatic heterocycles. The Morgan fingerprint density at radius 3 is 2.87 bits per heavy atom. The van der Waals surface area contributed by atoms with Crippen LogP contribution in [0.15, 0.2) is 0 Å². The van der Waals surface area contributed by atoms with Crippen LogP contribution in [0.4, 0.5) is 0 Å². The zero-order chi connectivity index (χ0) is 11.1. The fraction of sp³-hybridized carbons (Fsp3) is 1.00. The van der Waals surface area contributed by atoms with E-state index < -0.39 is 6.10 Å². The predicted molar refractivity (Wildman–Crippen MR) is 58.9 cm³/mol. The van der Waals surface area contributed by atoms with Gasteiger partial charge in [-0.15, -0.1) is 0 Å². The minimum atomic E-state index is -0.405. The van der Waals surface area contributed by atoms with E-state index in [0.29, 0.717) is 25.3 Å². The molecule has 90 valence electrons. The summed E-state index contributed by atoms with van der Waals surface area (Å²) in [6.45, 7) is 1.00. The Kier molecular flexibility index (Phi) is 6.17. The molecule has 0 radical (unpaired) electrons. The summed E-state index contributed by atoms with van der Waals surface area (Å²) in [6.07, 6.45) is 4.58. The highest BCUT2D eigenvalue weighted by atomic mass is 16.5. The van der Waals surface area contributed by atoms with Crippen molar-refractivity contribution in [2.45, 2.75) is 43.9 Å². The van der Waals surface area contributed by atoms with Crippen molar-refractivity contribution in [1.29, 1.82) is 0 Å². The Labute approximate surface area is 92.0 Å². The minimum Gasteiger partial charge on any atom is -0.389 e. The van der Waals surface area contributed by atoms with Gasteiger partial charge in [-0.25, -0.2) is 0 Å². The summed E-state index contributed by atoms with van der Waals surface area (Å²) in [5.41, 5.74) is 0. The number of hydrogen-bond donors (Lipinski definition) is 2. The van der Waals surface area contributed by atoms with Gasteiger partial charge in [0.1, 0.15) is 0 Å². The zero-order valence-electron chi connectivity index (χ0n) is 9.74. The average molecular weight is 217 g/mol. The number of aliphatic hydroxyl groups excluding tert-OH is 1. The maximum Gasteiger partial charge on any atom is 0.0897 e. The van der Waals surface area contributed by atoms with Gasteiger partial charge in [0.05, 0.1) is 18.8 Å². The molecule has 4 heteroatoms. The molecule has 1 rings (SSSR count). The van der Waals surface area contributed by atoms with E-state index in [4.69, 9.17) is 9.47 Å². The minimum absolute atomic E-state index is 0.385. The van der Waals surface area contributed by atoms with E-state index in [0.717, 1.165) is 12.8 Å². The van der Waals surface area contributed by atoms with Gasteiger partial charge in [0.15, 0.2) is 0 Å². The van der Waals surface area contributed by atoms with Gasteiger partial charge in [-0.3, -0.25) is 0 Å². The molecule has 0 saturated heterocycles. The van der Waals surface area contributed by atoms with Crippen LogP contribution in [0.3, 0.4) is 0 Å². The highest BCUT2D eigenvalue weighted by Gasteiger charge is 2.21. The Balaban J connectivity index is 2.14. The number of ether oxygens (including phenoxy) is 2. The van der Waals surface area contributed by atoms with E-state index in [1.807, 2.05) is 0 Å². The van der Waals surface area contributed by atoms with Crippen molar-refractivity contribution in [3.05, 3.63) is 0 Å². The molecule has 0 aliphatic heterocycles. The largest absolute Gasteiger partial charge is 0.389 e. The SMILES string of the molecule is COCC(O)CNC1CCCC(OC)C1. The first-order chi connectivity index (χ1) is 7.26. The first kappa shape index (κ1) is 12.9. The summed E-state index contributed by atoms with van der Waals surface area (Å²) >= 11 is 0. The molecule has 4 nitrogen and oxygen atoms in total. The number of methoxy groups -OCH3 is 2. The van der Waals surface area contributed by atoms with E-state index in [2.05, 4.69) is 5.32 Å². The summed E-state index contributed by atoms with van der Waals surface area (Å²) < 4.78 is 10.2. The molecular weight excluding hydrogens is 194 g/mol. The second-order valence-corrected chi connectivity index (χ2v) is 4.24. The van der Waals surface area contributed by atoms with Gasteiger partial charge in [0.2, 0.25) is 0 Å². The quantitative estimate of drug-likeness (QED) is 0.682. The normalized spacial score (nSPS) is 29.0. The van der Waals surface area contributed by atoms with Gasteiger partial charge in [-0.2, -0.15) is 0 Å². The summed E-state index contributed by atoms with van der Waals surface area (Å²) in [7, 11) is 3.37. The Hall–Kier alpha value is -0.160. The summed E-state index contributed by atoms with van der Waals surface area (Å²) in [5.74, 6) is 0. The molecule has 1 aliphatic carbocycles. The zero-order valence-corrected chi connectivity index (χ0v) is 9.74. The maximum absolute atomic E-state index is 9.48. The van der Waals surface area contributed by atoms with Crippen LogP contribution in [0.5, 0.6) is 0 Å². The second kappa shape index (κ2) is 7.17. The molecule has 1 aliphatic rings. The summed E-state index contributed by atoms with van der Waals surface area (Å²) in [6, 6.07) is 0.482. The van der Waals surface area contributed by atoms with Crippen molar-refractivity contribution in [1.82, 2.24) is 5.32 Å². The molecule has 0 bridgehead atoms. The van der Waals surface area contributed by atoms with Crippen molar-refractivity contribution in [2.75, 3.05) is 27.4 Å². The van der Waals surface area contributed by atoms with Crippen molar-refractivity contribution in [3.63, 3.8) is 0 Å². The van der Waals surface area contributed by atoms with Gasteiger partial charge in [-0.1, -0.05) is 0 Å². The second-order valence-electron chi connectivity index (χ2n) is 4.24.